The molecule has 2 unspecified atom stereocenters. The van der Waals surface area contributed by atoms with Crippen LogP contribution in [0.1, 0.15) is 59.3 Å². The Kier molecular flexibility index (Phi) is 9.03. The summed E-state index contributed by atoms with van der Waals surface area (Å²) < 4.78 is 5.42. The summed E-state index contributed by atoms with van der Waals surface area (Å²) in [5.74, 6) is -1.48. The van der Waals surface area contributed by atoms with E-state index < -0.39 is 28.9 Å². The molecule has 0 saturated carbocycles. The molecule has 0 radical (unpaired) electrons. The van der Waals surface area contributed by atoms with Crippen LogP contribution in [0.25, 0.3) is 0 Å². The molecule has 2 saturated heterocycles. The monoisotopic (exact) mass is 454 g/mol. The van der Waals surface area contributed by atoms with Gasteiger partial charge in [0.15, 0.2) is 0 Å². The number of amides is 2. The van der Waals surface area contributed by atoms with E-state index >= 15 is 0 Å². The number of carboxylic acid groups (broad SMARTS) is 1. The maximum absolute atomic E-state index is 13.2. The summed E-state index contributed by atoms with van der Waals surface area (Å²) >= 11 is 0. The number of rotatable bonds is 8. The summed E-state index contributed by atoms with van der Waals surface area (Å²) in [6.07, 6.45) is 3.33. The predicted octanol–water partition coefficient (Wildman–Crippen LogP) is 0.881. The van der Waals surface area contributed by atoms with Crippen molar-refractivity contribution >= 4 is 23.8 Å². The lowest BCUT2D eigenvalue weighted by atomic mass is 9.73. The van der Waals surface area contributed by atoms with Crippen LogP contribution >= 0.6 is 0 Å². The quantitative estimate of drug-likeness (QED) is 0.395. The number of carboxylic acids is 1. The van der Waals surface area contributed by atoms with E-state index in [0.717, 1.165) is 19.4 Å². The summed E-state index contributed by atoms with van der Waals surface area (Å²) in [7, 11) is 0. The molecule has 2 rings (SSSR count). The van der Waals surface area contributed by atoms with Crippen LogP contribution < -0.4 is 16.4 Å². The first-order valence-corrected chi connectivity index (χ1v) is 11.4. The summed E-state index contributed by atoms with van der Waals surface area (Å²) in [4.78, 5) is 50.9. The smallest absolute Gasteiger partial charge is 0.410 e. The van der Waals surface area contributed by atoms with Crippen molar-refractivity contribution in [2.45, 2.75) is 70.9 Å². The molecule has 32 heavy (non-hydrogen) atoms. The van der Waals surface area contributed by atoms with Gasteiger partial charge in [0, 0.05) is 32.6 Å². The van der Waals surface area contributed by atoms with Gasteiger partial charge in [0.1, 0.15) is 22.8 Å². The topological polar surface area (TPSA) is 151 Å². The Bertz CT molecular complexity index is 691. The number of hydrogen-bond donors (Lipinski definition) is 4. The van der Waals surface area contributed by atoms with Gasteiger partial charge in [-0.3, -0.25) is 14.4 Å². The van der Waals surface area contributed by atoms with E-state index in [9.17, 15) is 19.2 Å². The molecule has 10 nitrogen and oxygen atoms in total. The highest BCUT2D eigenvalue weighted by molar-refractivity contribution is 6.06. The Hall–Kier alpha value is -2.20. The lowest BCUT2D eigenvalue weighted by Gasteiger charge is -2.36. The number of ketones is 1. The molecule has 2 amide bonds. The number of nitrogens with one attached hydrogen (secondary N) is 2. The number of aliphatic carboxylic acids is 1. The van der Waals surface area contributed by atoms with Crippen molar-refractivity contribution in [2.24, 2.45) is 17.1 Å². The van der Waals surface area contributed by atoms with Crippen LogP contribution in [0.5, 0.6) is 0 Å². The van der Waals surface area contributed by atoms with Crippen molar-refractivity contribution in [1.82, 2.24) is 15.5 Å². The minimum Gasteiger partial charge on any atom is -0.480 e. The normalized spacial score (nSPS) is 23.3. The zero-order valence-electron chi connectivity index (χ0n) is 19.4. The van der Waals surface area contributed by atoms with Gasteiger partial charge in [-0.05, 0) is 65.3 Å². The Morgan fingerprint density at radius 1 is 1.25 bits per heavy atom. The Balaban J connectivity index is 1.88. The van der Waals surface area contributed by atoms with E-state index in [4.69, 9.17) is 15.6 Å². The number of carbonyl (C=O) groups is 4. The number of carbonyl (C=O) groups excluding carboxylic acids is 3. The molecular weight excluding hydrogens is 416 g/mol. The number of ether oxygens (including phenoxy) is 1. The summed E-state index contributed by atoms with van der Waals surface area (Å²) in [5, 5.41) is 14.6. The Morgan fingerprint density at radius 2 is 1.91 bits per heavy atom. The number of likely N-dealkylation sites (tertiary alicyclic amines) is 1. The second-order valence-electron chi connectivity index (χ2n) is 9.89. The molecule has 2 heterocycles. The molecule has 2 atom stereocenters. The van der Waals surface area contributed by atoms with Crippen molar-refractivity contribution < 1.29 is 29.0 Å². The van der Waals surface area contributed by atoms with Crippen molar-refractivity contribution in [2.75, 3.05) is 32.7 Å². The number of hydrogen-bond acceptors (Lipinski definition) is 7. The van der Waals surface area contributed by atoms with Crippen LogP contribution in [-0.4, -0.2) is 78.1 Å². The van der Waals surface area contributed by atoms with Crippen LogP contribution in [0, 0.1) is 11.3 Å². The van der Waals surface area contributed by atoms with Crippen LogP contribution in [-0.2, 0) is 19.1 Å². The zero-order chi connectivity index (χ0) is 23.9. The lowest BCUT2D eigenvalue weighted by Crippen LogP contribution is -2.57. The van der Waals surface area contributed by atoms with E-state index in [-0.39, 0.29) is 31.4 Å². The van der Waals surface area contributed by atoms with E-state index in [1.54, 1.807) is 4.90 Å². The molecule has 0 aromatic carbocycles. The average Bonchev–Trinajstić information content (AvgIpc) is 2.74. The molecule has 2 fully saturated rings. The second kappa shape index (κ2) is 11.1. The van der Waals surface area contributed by atoms with Gasteiger partial charge >= 0.3 is 12.1 Å². The number of nitrogens with zero attached hydrogens (tertiary/aromatic N) is 1. The van der Waals surface area contributed by atoms with Crippen molar-refractivity contribution in [3.63, 3.8) is 0 Å². The van der Waals surface area contributed by atoms with Crippen LogP contribution in [0.3, 0.4) is 0 Å². The maximum Gasteiger partial charge on any atom is 0.410 e. The average molecular weight is 455 g/mol. The largest absolute Gasteiger partial charge is 0.480 e. The molecule has 0 aliphatic carbocycles. The highest BCUT2D eigenvalue weighted by Gasteiger charge is 2.46. The SMILES string of the molecule is CC(C)(C)OC(=O)N1CCC(CCC(=O)C2(C(=O)NCC(N)C(=O)O)CCCNC2)CC1. The molecule has 0 aromatic heterocycles. The first-order valence-electron chi connectivity index (χ1n) is 11.4. The van der Waals surface area contributed by atoms with Crippen molar-refractivity contribution in [3.8, 4) is 0 Å². The van der Waals surface area contributed by atoms with Gasteiger partial charge in [0.25, 0.3) is 0 Å². The molecule has 10 heteroatoms. The summed E-state index contributed by atoms with van der Waals surface area (Å²) in [5.41, 5.74) is 3.77. The highest BCUT2D eigenvalue weighted by atomic mass is 16.6. The Morgan fingerprint density at radius 3 is 2.44 bits per heavy atom. The van der Waals surface area contributed by atoms with Crippen molar-refractivity contribution in [1.29, 1.82) is 0 Å². The fourth-order valence-electron chi connectivity index (χ4n) is 4.23. The third kappa shape index (κ3) is 7.16. The first kappa shape index (κ1) is 26.1. The molecule has 0 aromatic rings. The number of Topliss-reactive ketones (excluding diaryl/α,β-unsaturated/α-hetero) is 1. The molecule has 2 aliphatic heterocycles. The lowest BCUT2D eigenvalue weighted by molar-refractivity contribution is -0.144. The third-order valence-electron chi connectivity index (χ3n) is 6.20. The zero-order valence-corrected chi connectivity index (χ0v) is 19.4. The highest BCUT2D eigenvalue weighted by Crippen LogP contribution is 2.32. The van der Waals surface area contributed by atoms with E-state index in [1.807, 2.05) is 20.8 Å². The number of nitrogens with two attached hydrogens (primary N) is 1. The second-order valence-corrected chi connectivity index (χ2v) is 9.89. The van der Waals surface area contributed by atoms with Crippen LogP contribution in [0.4, 0.5) is 4.79 Å². The molecule has 182 valence electrons. The maximum atomic E-state index is 13.2. The van der Waals surface area contributed by atoms with Gasteiger partial charge in [0.2, 0.25) is 5.91 Å². The minimum absolute atomic E-state index is 0.124. The molecule has 0 bridgehead atoms. The summed E-state index contributed by atoms with van der Waals surface area (Å²) in [6, 6.07) is -1.21. The molecule has 0 spiro atoms. The van der Waals surface area contributed by atoms with Crippen molar-refractivity contribution in [3.05, 3.63) is 0 Å². The van der Waals surface area contributed by atoms with Crippen LogP contribution in [0.15, 0.2) is 0 Å². The van der Waals surface area contributed by atoms with E-state index in [1.165, 1.54) is 0 Å². The van der Waals surface area contributed by atoms with Gasteiger partial charge < -0.3 is 31.1 Å². The minimum atomic E-state index is -1.21. The predicted molar refractivity (Wildman–Crippen MR) is 118 cm³/mol. The fourth-order valence-corrected chi connectivity index (χ4v) is 4.23. The standard InChI is InChI=1S/C22H38N4O6/c1-21(2,3)32-20(31)26-11-7-15(8-12-26)5-6-17(27)22(9-4-10-24-14-22)19(30)25-13-16(23)18(28)29/h15-16,24H,4-14,23H2,1-3H3,(H,25,30)(H,28,29). The van der Waals surface area contributed by atoms with E-state index in [0.29, 0.717) is 38.3 Å². The van der Waals surface area contributed by atoms with Gasteiger partial charge in [0.05, 0.1) is 0 Å². The Labute approximate surface area is 189 Å². The van der Waals surface area contributed by atoms with Gasteiger partial charge in [-0.1, -0.05) is 0 Å². The summed E-state index contributed by atoms with van der Waals surface area (Å²) in [6.45, 7) is 7.46. The third-order valence-corrected chi connectivity index (χ3v) is 6.20. The van der Waals surface area contributed by atoms with Crippen LogP contribution in [0.2, 0.25) is 0 Å². The molecule has 2 aliphatic rings. The fraction of sp³-hybridized carbons (Fsp3) is 0.818. The van der Waals surface area contributed by atoms with Gasteiger partial charge in [-0.25, -0.2) is 4.79 Å². The molecule has 5 N–H and O–H groups in total. The first-order chi connectivity index (χ1) is 14.9. The van der Waals surface area contributed by atoms with Gasteiger partial charge in [-0.15, -0.1) is 0 Å². The van der Waals surface area contributed by atoms with Gasteiger partial charge in [-0.2, -0.15) is 0 Å². The number of piperidine rings is 2. The molecular formula is C22H38N4O6. The van der Waals surface area contributed by atoms with E-state index in [2.05, 4.69) is 10.6 Å².